The lowest BCUT2D eigenvalue weighted by molar-refractivity contribution is 0.0722. The van der Waals surface area contributed by atoms with Crippen molar-refractivity contribution in [2.45, 2.75) is 19.4 Å². The number of rotatable bonds is 10. The zero-order valence-corrected chi connectivity index (χ0v) is 19.9. The lowest BCUT2D eigenvalue weighted by Crippen LogP contribution is -2.32. The fourth-order valence-electron chi connectivity index (χ4n) is 4.33. The third-order valence-electron chi connectivity index (χ3n) is 5.82. The summed E-state index contributed by atoms with van der Waals surface area (Å²) >= 11 is 0. The zero-order chi connectivity index (χ0) is 24.2. The summed E-state index contributed by atoms with van der Waals surface area (Å²) in [5.41, 5.74) is 1.37. The second-order valence-electron chi connectivity index (χ2n) is 8.47. The summed E-state index contributed by atoms with van der Waals surface area (Å²) in [5, 5.41) is 0.463. The zero-order valence-electron chi connectivity index (χ0n) is 19.9. The van der Waals surface area contributed by atoms with E-state index < -0.39 is 6.04 Å². The first kappa shape index (κ1) is 23.6. The molecule has 1 aliphatic rings. The highest BCUT2D eigenvalue weighted by Gasteiger charge is 2.42. The molecule has 0 saturated heterocycles. The maximum Gasteiger partial charge on any atom is 0.290 e. The summed E-state index contributed by atoms with van der Waals surface area (Å²) in [6.45, 7) is 7.68. The average Bonchev–Trinajstić information content (AvgIpc) is 3.10. The number of amides is 1. The van der Waals surface area contributed by atoms with Gasteiger partial charge in [-0.15, -0.1) is 0 Å². The van der Waals surface area contributed by atoms with Gasteiger partial charge < -0.3 is 23.7 Å². The number of hydrogen-bond donors (Lipinski definition) is 0. The van der Waals surface area contributed by atoms with Gasteiger partial charge in [0.2, 0.25) is 5.76 Å². The van der Waals surface area contributed by atoms with Gasteiger partial charge in [-0.05, 0) is 63.8 Å². The van der Waals surface area contributed by atoms with E-state index in [2.05, 4.69) is 11.5 Å². The Bertz CT molecular complexity index is 1260. The summed E-state index contributed by atoms with van der Waals surface area (Å²) in [5.74, 6) is 0.982. The summed E-state index contributed by atoms with van der Waals surface area (Å²) in [6, 6.07) is 12.0. The monoisotopic (exact) mass is 462 g/mol. The van der Waals surface area contributed by atoms with Crippen LogP contribution in [0.5, 0.6) is 11.5 Å². The second kappa shape index (κ2) is 10.1. The van der Waals surface area contributed by atoms with E-state index in [0.717, 1.165) is 18.5 Å². The number of ether oxygens (including phenoxy) is 2. The maximum atomic E-state index is 13.6. The highest BCUT2D eigenvalue weighted by Crippen LogP contribution is 2.41. The fraction of sp³-hybridized carbons (Fsp3) is 0.333. The van der Waals surface area contributed by atoms with Crippen LogP contribution in [0.25, 0.3) is 11.0 Å². The van der Waals surface area contributed by atoms with Crippen LogP contribution >= 0.6 is 0 Å². The summed E-state index contributed by atoms with van der Waals surface area (Å²) in [4.78, 5) is 30.9. The highest BCUT2D eigenvalue weighted by molar-refractivity contribution is 5.99. The SMILES string of the molecule is C=CCOc1ccc(C2c3c(oc4ccccc4c3=O)C(=O)N2CCCN(C)C)cc1OCC. The van der Waals surface area contributed by atoms with Gasteiger partial charge in [-0.25, -0.2) is 0 Å². The first-order valence-electron chi connectivity index (χ1n) is 11.5. The third kappa shape index (κ3) is 4.43. The van der Waals surface area contributed by atoms with Crippen molar-refractivity contribution in [1.82, 2.24) is 9.80 Å². The van der Waals surface area contributed by atoms with Crippen LogP contribution in [-0.4, -0.2) is 56.1 Å². The van der Waals surface area contributed by atoms with Gasteiger partial charge in [0.25, 0.3) is 5.91 Å². The van der Waals surface area contributed by atoms with Gasteiger partial charge in [-0.1, -0.05) is 30.9 Å². The largest absolute Gasteiger partial charge is 0.490 e. The fourth-order valence-corrected chi connectivity index (χ4v) is 4.33. The predicted molar refractivity (Wildman–Crippen MR) is 132 cm³/mol. The van der Waals surface area contributed by atoms with Crippen molar-refractivity contribution in [2.24, 2.45) is 0 Å². The molecule has 0 radical (unpaired) electrons. The molecule has 1 unspecified atom stereocenters. The van der Waals surface area contributed by atoms with Crippen LogP contribution in [0.3, 0.4) is 0 Å². The average molecular weight is 463 g/mol. The van der Waals surface area contributed by atoms with Crippen molar-refractivity contribution in [1.29, 1.82) is 0 Å². The van der Waals surface area contributed by atoms with Gasteiger partial charge >= 0.3 is 0 Å². The number of carbonyl (C=O) groups excluding carboxylic acids is 1. The van der Waals surface area contributed by atoms with E-state index in [1.165, 1.54) is 0 Å². The molecule has 7 nitrogen and oxygen atoms in total. The summed E-state index contributed by atoms with van der Waals surface area (Å²) < 4.78 is 17.6. The molecule has 2 aromatic carbocycles. The molecule has 0 aliphatic carbocycles. The van der Waals surface area contributed by atoms with Gasteiger partial charge in [-0.2, -0.15) is 0 Å². The normalized spacial score (nSPS) is 15.1. The smallest absolute Gasteiger partial charge is 0.290 e. The van der Waals surface area contributed by atoms with Crippen LogP contribution in [0.15, 0.2) is 64.3 Å². The molecule has 0 spiro atoms. The van der Waals surface area contributed by atoms with E-state index >= 15 is 0 Å². The van der Waals surface area contributed by atoms with Crippen molar-refractivity contribution in [3.05, 3.63) is 82.2 Å². The number of fused-ring (bicyclic) bond motifs is 2. The molecule has 0 fully saturated rings. The Morgan fingerprint density at radius 1 is 1.12 bits per heavy atom. The van der Waals surface area contributed by atoms with Crippen molar-refractivity contribution in [2.75, 3.05) is 40.4 Å². The van der Waals surface area contributed by atoms with Gasteiger partial charge in [0.1, 0.15) is 12.2 Å². The van der Waals surface area contributed by atoms with Crippen LogP contribution in [0.1, 0.15) is 41.1 Å². The van der Waals surface area contributed by atoms with Crippen molar-refractivity contribution < 1.29 is 18.7 Å². The molecule has 178 valence electrons. The number of nitrogens with zero attached hydrogens (tertiary/aromatic N) is 2. The molecule has 2 heterocycles. The molecule has 1 amide bonds. The minimum absolute atomic E-state index is 0.114. The topological polar surface area (TPSA) is 72.2 Å². The second-order valence-corrected chi connectivity index (χ2v) is 8.47. The van der Waals surface area contributed by atoms with E-state index in [4.69, 9.17) is 13.9 Å². The minimum Gasteiger partial charge on any atom is -0.490 e. The van der Waals surface area contributed by atoms with Crippen LogP contribution in [0.2, 0.25) is 0 Å². The molecule has 0 saturated carbocycles. The lowest BCUT2D eigenvalue weighted by Gasteiger charge is -2.26. The standard InChI is InChI=1S/C27H30N2O5/c1-5-16-33-21-13-12-18(17-22(21)32-6-2)24-23-25(30)19-10-7-8-11-20(19)34-26(23)27(31)29(24)15-9-14-28(3)4/h5,7-8,10-13,17,24H,1,6,9,14-16H2,2-4H3. The number of carbonyl (C=O) groups is 1. The van der Waals surface area contributed by atoms with E-state index in [1.54, 1.807) is 35.2 Å². The van der Waals surface area contributed by atoms with Crippen molar-refractivity contribution in [3.63, 3.8) is 0 Å². The molecule has 1 aromatic heterocycles. The number of hydrogen-bond acceptors (Lipinski definition) is 6. The molecule has 1 atom stereocenters. The Labute approximate surface area is 199 Å². The molecule has 0 N–H and O–H groups in total. The van der Waals surface area contributed by atoms with Gasteiger partial charge in [0.15, 0.2) is 16.9 Å². The molecule has 4 rings (SSSR count). The maximum absolute atomic E-state index is 13.6. The van der Waals surface area contributed by atoms with Crippen LogP contribution in [-0.2, 0) is 0 Å². The van der Waals surface area contributed by atoms with Crippen LogP contribution in [0, 0.1) is 0 Å². The molecular formula is C27H30N2O5. The quantitative estimate of drug-likeness (QED) is 0.420. The Morgan fingerprint density at radius 3 is 2.65 bits per heavy atom. The molecule has 7 heteroatoms. The van der Waals surface area contributed by atoms with Gasteiger partial charge in [0, 0.05) is 6.54 Å². The summed E-state index contributed by atoms with van der Waals surface area (Å²) in [6.07, 6.45) is 2.42. The first-order valence-corrected chi connectivity index (χ1v) is 11.5. The van der Waals surface area contributed by atoms with Crippen LogP contribution < -0.4 is 14.9 Å². The first-order chi connectivity index (χ1) is 16.5. The van der Waals surface area contributed by atoms with E-state index in [-0.39, 0.29) is 17.1 Å². The Balaban J connectivity index is 1.85. The van der Waals surface area contributed by atoms with Gasteiger partial charge in [0.05, 0.1) is 23.6 Å². The Kier molecular flexibility index (Phi) is 7.03. The van der Waals surface area contributed by atoms with Crippen molar-refractivity contribution in [3.8, 4) is 11.5 Å². The molecule has 3 aromatic rings. The molecular weight excluding hydrogens is 432 g/mol. The lowest BCUT2D eigenvalue weighted by atomic mass is 9.98. The number of para-hydroxylation sites is 1. The van der Waals surface area contributed by atoms with E-state index in [9.17, 15) is 9.59 Å². The van der Waals surface area contributed by atoms with Crippen molar-refractivity contribution >= 4 is 16.9 Å². The summed E-state index contributed by atoms with van der Waals surface area (Å²) in [7, 11) is 3.98. The Hall–Kier alpha value is -3.58. The highest BCUT2D eigenvalue weighted by atomic mass is 16.5. The predicted octanol–water partition coefficient (Wildman–Crippen LogP) is 4.25. The van der Waals surface area contributed by atoms with E-state index in [1.807, 2.05) is 39.2 Å². The van der Waals surface area contributed by atoms with Crippen LogP contribution in [0.4, 0.5) is 0 Å². The molecule has 34 heavy (non-hydrogen) atoms. The third-order valence-corrected chi connectivity index (χ3v) is 5.82. The molecule has 0 bridgehead atoms. The molecule has 1 aliphatic heterocycles. The number of benzene rings is 2. The minimum atomic E-state index is -0.571. The Morgan fingerprint density at radius 2 is 1.91 bits per heavy atom. The van der Waals surface area contributed by atoms with Gasteiger partial charge in [-0.3, -0.25) is 9.59 Å². The van der Waals surface area contributed by atoms with E-state index in [0.29, 0.717) is 47.8 Å².